The highest BCUT2D eigenvalue weighted by Gasteiger charge is 2.41. The van der Waals surface area contributed by atoms with Crippen molar-refractivity contribution < 1.29 is 23.1 Å². The molecule has 0 aromatic heterocycles. The van der Waals surface area contributed by atoms with Gasteiger partial charge in [-0.2, -0.15) is 11.8 Å². The van der Waals surface area contributed by atoms with Crippen LogP contribution in [0.3, 0.4) is 0 Å². The maximum absolute atomic E-state index is 12.3. The van der Waals surface area contributed by atoms with Gasteiger partial charge in [0.05, 0.1) is 4.90 Å². The van der Waals surface area contributed by atoms with Gasteiger partial charge in [0.25, 0.3) is 5.91 Å². The van der Waals surface area contributed by atoms with Gasteiger partial charge in [0.2, 0.25) is 10.0 Å². The van der Waals surface area contributed by atoms with Gasteiger partial charge in [-0.15, -0.1) is 0 Å². The molecule has 0 spiro atoms. The number of carbonyl (C=O) groups is 2. The number of sulfonamides is 1. The molecule has 1 fully saturated rings. The molecule has 9 heteroatoms. The average Bonchev–Trinajstić information content (AvgIpc) is 2.55. The molecule has 0 aliphatic carbocycles. The first-order valence-corrected chi connectivity index (χ1v) is 9.62. The van der Waals surface area contributed by atoms with Crippen molar-refractivity contribution in [2.75, 3.05) is 18.6 Å². The molecule has 2 rings (SSSR count). The molecule has 1 amide bonds. The summed E-state index contributed by atoms with van der Waals surface area (Å²) >= 11 is 1.66. The van der Waals surface area contributed by atoms with Crippen molar-refractivity contribution in [2.45, 2.75) is 23.3 Å². The van der Waals surface area contributed by atoms with Crippen molar-refractivity contribution in [3.8, 4) is 0 Å². The average molecular weight is 358 g/mol. The van der Waals surface area contributed by atoms with E-state index in [9.17, 15) is 23.1 Å². The van der Waals surface area contributed by atoms with Gasteiger partial charge >= 0.3 is 5.97 Å². The van der Waals surface area contributed by atoms with Gasteiger partial charge in [0.15, 0.2) is 0 Å². The van der Waals surface area contributed by atoms with E-state index in [1.807, 2.05) is 0 Å². The van der Waals surface area contributed by atoms with Gasteiger partial charge in [0, 0.05) is 5.56 Å². The Morgan fingerprint density at radius 3 is 2.22 bits per heavy atom. The Morgan fingerprint density at radius 2 is 1.74 bits per heavy atom. The van der Waals surface area contributed by atoms with Crippen LogP contribution in [-0.2, 0) is 14.8 Å². The number of hydrogen-bond acceptors (Lipinski definition) is 5. The van der Waals surface area contributed by atoms with Crippen LogP contribution in [0.4, 0.5) is 0 Å². The Bertz CT molecular complexity index is 694. The summed E-state index contributed by atoms with van der Waals surface area (Å²) in [5, 5.41) is 12.1. The lowest BCUT2D eigenvalue weighted by molar-refractivity contribution is -0.144. The number of rotatable bonds is 5. The van der Waals surface area contributed by atoms with Gasteiger partial charge < -0.3 is 10.4 Å². The van der Waals surface area contributed by atoms with E-state index in [0.29, 0.717) is 24.3 Å². The topological polar surface area (TPSA) is 113 Å². The molecule has 0 radical (unpaired) electrons. The lowest BCUT2D eigenvalue weighted by atomic mass is 9.92. The zero-order valence-electron chi connectivity index (χ0n) is 12.5. The summed E-state index contributed by atoms with van der Waals surface area (Å²) in [7, 11) is -2.27. The van der Waals surface area contributed by atoms with Crippen LogP contribution in [0.15, 0.2) is 29.2 Å². The number of aliphatic carboxylic acids is 1. The standard InChI is InChI=1S/C14H18N2O5S2/c1-15-23(20,21)11-4-2-10(3-5-11)12(17)16-14(13(18)19)6-8-22-9-7-14/h2-5,15H,6-9H2,1H3,(H,16,17)(H,18,19). The lowest BCUT2D eigenvalue weighted by Crippen LogP contribution is -2.56. The van der Waals surface area contributed by atoms with Crippen LogP contribution in [0.25, 0.3) is 0 Å². The number of carboxylic acid groups (broad SMARTS) is 1. The van der Waals surface area contributed by atoms with E-state index in [0.717, 1.165) is 0 Å². The maximum atomic E-state index is 12.3. The number of hydrogen-bond donors (Lipinski definition) is 3. The monoisotopic (exact) mass is 358 g/mol. The Labute approximate surface area is 138 Å². The van der Waals surface area contributed by atoms with Crippen LogP contribution in [0.1, 0.15) is 23.2 Å². The number of benzene rings is 1. The molecule has 3 N–H and O–H groups in total. The first-order chi connectivity index (χ1) is 10.8. The molecule has 1 aromatic rings. The second kappa shape index (κ2) is 6.90. The van der Waals surface area contributed by atoms with E-state index in [1.54, 1.807) is 11.8 Å². The normalized spacial score (nSPS) is 17.4. The third-order valence-electron chi connectivity index (χ3n) is 3.80. The van der Waals surface area contributed by atoms with Crippen LogP contribution >= 0.6 is 11.8 Å². The SMILES string of the molecule is CNS(=O)(=O)c1ccc(C(=O)NC2(C(=O)O)CCSCC2)cc1. The van der Waals surface area contributed by atoms with Crippen molar-refractivity contribution in [3.63, 3.8) is 0 Å². The Kier molecular flexibility index (Phi) is 5.33. The van der Waals surface area contributed by atoms with Crippen LogP contribution < -0.4 is 10.0 Å². The zero-order chi connectivity index (χ0) is 17.1. The summed E-state index contributed by atoms with van der Waals surface area (Å²) in [6.07, 6.45) is 0.732. The van der Waals surface area contributed by atoms with E-state index in [-0.39, 0.29) is 10.5 Å². The van der Waals surface area contributed by atoms with E-state index in [2.05, 4.69) is 10.0 Å². The predicted molar refractivity (Wildman–Crippen MR) is 87.1 cm³/mol. The fraction of sp³-hybridized carbons (Fsp3) is 0.429. The highest BCUT2D eigenvalue weighted by molar-refractivity contribution is 7.99. The molecule has 1 aliphatic heterocycles. The largest absolute Gasteiger partial charge is 0.480 e. The Morgan fingerprint density at radius 1 is 1.17 bits per heavy atom. The molecule has 0 atom stereocenters. The van der Waals surface area contributed by atoms with E-state index in [1.165, 1.54) is 31.3 Å². The van der Waals surface area contributed by atoms with E-state index in [4.69, 9.17) is 0 Å². The fourth-order valence-electron chi connectivity index (χ4n) is 2.30. The number of carboxylic acids is 1. The quantitative estimate of drug-likeness (QED) is 0.713. The van der Waals surface area contributed by atoms with Gasteiger partial charge in [-0.05, 0) is 55.7 Å². The molecule has 23 heavy (non-hydrogen) atoms. The van der Waals surface area contributed by atoms with Crippen molar-refractivity contribution in [3.05, 3.63) is 29.8 Å². The number of carbonyl (C=O) groups excluding carboxylic acids is 1. The first kappa shape index (κ1) is 17.8. The highest BCUT2D eigenvalue weighted by Crippen LogP contribution is 2.27. The molecule has 0 unspecified atom stereocenters. The molecule has 1 aromatic carbocycles. The van der Waals surface area contributed by atoms with Crippen LogP contribution in [0.5, 0.6) is 0 Å². The fourth-order valence-corrected chi connectivity index (χ4v) is 4.22. The first-order valence-electron chi connectivity index (χ1n) is 6.98. The van der Waals surface area contributed by atoms with Crippen molar-refractivity contribution >= 4 is 33.7 Å². The summed E-state index contributed by atoms with van der Waals surface area (Å²) in [5.41, 5.74) is -1.03. The van der Waals surface area contributed by atoms with Gasteiger partial charge in [-0.3, -0.25) is 4.79 Å². The molecular weight excluding hydrogens is 340 g/mol. The molecule has 1 heterocycles. The molecule has 7 nitrogen and oxygen atoms in total. The van der Waals surface area contributed by atoms with E-state index >= 15 is 0 Å². The minimum Gasteiger partial charge on any atom is -0.480 e. The molecule has 1 saturated heterocycles. The van der Waals surface area contributed by atoms with Crippen molar-refractivity contribution in [1.82, 2.24) is 10.0 Å². The van der Waals surface area contributed by atoms with Gasteiger partial charge in [0.1, 0.15) is 5.54 Å². The smallest absolute Gasteiger partial charge is 0.329 e. The summed E-state index contributed by atoms with van der Waals surface area (Å²) < 4.78 is 25.5. The molecule has 0 saturated carbocycles. The minimum atomic E-state index is -3.57. The maximum Gasteiger partial charge on any atom is 0.329 e. The Hall–Kier alpha value is -1.58. The zero-order valence-corrected chi connectivity index (χ0v) is 14.2. The lowest BCUT2D eigenvalue weighted by Gasteiger charge is -2.33. The predicted octanol–water partition coefficient (Wildman–Crippen LogP) is 0.675. The van der Waals surface area contributed by atoms with Crippen molar-refractivity contribution in [1.29, 1.82) is 0 Å². The Balaban J connectivity index is 2.18. The second-order valence-corrected chi connectivity index (χ2v) is 8.30. The number of nitrogens with one attached hydrogen (secondary N) is 2. The summed E-state index contributed by atoms with van der Waals surface area (Å²) in [5.74, 6) is -0.217. The summed E-state index contributed by atoms with van der Waals surface area (Å²) in [6, 6.07) is 5.36. The number of thioether (sulfide) groups is 1. The molecule has 1 aliphatic rings. The van der Waals surface area contributed by atoms with Crippen LogP contribution in [-0.4, -0.2) is 49.5 Å². The summed E-state index contributed by atoms with van der Waals surface area (Å²) in [4.78, 5) is 23.9. The second-order valence-electron chi connectivity index (χ2n) is 5.19. The highest BCUT2D eigenvalue weighted by atomic mass is 32.2. The van der Waals surface area contributed by atoms with Gasteiger partial charge in [-0.25, -0.2) is 17.9 Å². The molecule has 0 bridgehead atoms. The third-order valence-corrected chi connectivity index (χ3v) is 6.22. The minimum absolute atomic E-state index is 0.0403. The van der Waals surface area contributed by atoms with Crippen molar-refractivity contribution in [2.24, 2.45) is 0 Å². The molecular formula is C14H18N2O5S2. The summed E-state index contributed by atoms with van der Waals surface area (Å²) in [6.45, 7) is 0. The van der Waals surface area contributed by atoms with Crippen LogP contribution in [0.2, 0.25) is 0 Å². The van der Waals surface area contributed by atoms with Gasteiger partial charge in [-0.1, -0.05) is 0 Å². The van der Waals surface area contributed by atoms with E-state index < -0.39 is 27.4 Å². The van der Waals surface area contributed by atoms with Crippen LogP contribution in [0, 0.1) is 0 Å². The number of amides is 1. The molecule has 126 valence electrons. The third kappa shape index (κ3) is 3.85.